The minimum absolute atomic E-state index is 0.0616. The van der Waals surface area contributed by atoms with Crippen molar-refractivity contribution in [1.29, 1.82) is 0 Å². The first-order valence-electron chi connectivity index (χ1n) is 5.49. The number of rotatable bonds is 3. The smallest absolute Gasteiger partial charge is 0.235 e. The Hall–Kier alpha value is -1.56. The number of nitrogens with two attached hydrogens (primary N) is 1. The van der Waals surface area contributed by atoms with Gasteiger partial charge in [-0.25, -0.2) is 8.42 Å². The van der Waals surface area contributed by atoms with Crippen LogP contribution in [0.2, 0.25) is 0 Å². The van der Waals surface area contributed by atoms with Gasteiger partial charge in [0, 0.05) is 11.2 Å². The second-order valence-electron chi connectivity index (χ2n) is 5.13. The number of sulfone groups is 1. The van der Waals surface area contributed by atoms with Gasteiger partial charge in [-0.05, 0) is 39.0 Å². The number of nitrogen functional groups attached to an aromatic ring is 1. The van der Waals surface area contributed by atoms with Crippen LogP contribution in [0, 0.1) is 0 Å². The molecule has 3 N–H and O–H groups in total. The quantitative estimate of drug-likeness (QED) is 0.800. The summed E-state index contributed by atoms with van der Waals surface area (Å²) in [5.41, 5.74) is 5.42. The average molecular weight is 270 g/mol. The van der Waals surface area contributed by atoms with Gasteiger partial charge in [0.2, 0.25) is 5.91 Å². The Morgan fingerprint density at radius 1 is 1.33 bits per heavy atom. The van der Waals surface area contributed by atoms with Gasteiger partial charge in [-0.15, -0.1) is 0 Å². The SMILES string of the molecule is CC(C)(C)NC(=O)CS(=O)(=O)c1cccc(N)c1. The van der Waals surface area contributed by atoms with Gasteiger partial charge in [0.1, 0.15) is 5.75 Å². The highest BCUT2D eigenvalue weighted by Gasteiger charge is 2.22. The molecule has 0 aliphatic heterocycles. The minimum Gasteiger partial charge on any atom is -0.399 e. The fourth-order valence-corrected chi connectivity index (χ4v) is 2.60. The summed E-state index contributed by atoms with van der Waals surface area (Å²) in [6.45, 7) is 5.37. The van der Waals surface area contributed by atoms with E-state index in [-0.39, 0.29) is 4.90 Å². The van der Waals surface area contributed by atoms with E-state index in [0.29, 0.717) is 5.69 Å². The van der Waals surface area contributed by atoms with Crippen molar-refractivity contribution in [3.8, 4) is 0 Å². The van der Waals surface area contributed by atoms with E-state index in [0.717, 1.165) is 0 Å². The number of nitrogens with one attached hydrogen (secondary N) is 1. The van der Waals surface area contributed by atoms with Crippen molar-refractivity contribution in [2.75, 3.05) is 11.5 Å². The first kappa shape index (κ1) is 14.5. The first-order valence-corrected chi connectivity index (χ1v) is 7.15. The number of hydrogen-bond donors (Lipinski definition) is 2. The van der Waals surface area contributed by atoms with Crippen molar-refractivity contribution in [2.45, 2.75) is 31.2 Å². The van der Waals surface area contributed by atoms with Crippen molar-refractivity contribution in [3.63, 3.8) is 0 Å². The fourth-order valence-electron chi connectivity index (χ4n) is 1.42. The van der Waals surface area contributed by atoms with Gasteiger partial charge in [-0.2, -0.15) is 0 Å². The molecule has 0 aliphatic rings. The zero-order valence-corrected chi connectivity index (χ0v) is 11.5. The van der Waals surface area contributed by atoms with Crippen LogP contribution in [0.25, 0.3) is 0 Å². The predicted octanol–water partition coefficient (Wildman–Crippen LogP) is 0.957. The number of carbonyl (C=O) groups is 1. The van der Waals surface area contributed by atoms with Crippen LogP contribution in [0.1, 0.15) is 20.8 Å². The lowest BCUT2D eigenvalue weighted by Gasteiger charge is -2.20. The Labute approximate surface area is 107 Å². The fraction of sp³-hybridized carbons (Fsp3) is 0.417. The number of amides is 1. The molecule has 0 saturated carbocycles. The molecule has 0 fully saturated rings. The normalized spacial score (nSPS) is 12.2. The molecule has 1 amide bonds. The van der Waals surface area contributed by atoms with Crippen molar-refractivity contribution in [2.24, 2.45) is 0 Å². The summed E-state index contributed by atoms with van der Waals surface area (Å²) < 4.78 is 23.9. The van der Waals surface area contributed by atoms with Crippen LogP contribution in [0.15, 0.2) is 29.2 Å². The molecule has 0 aliphatic carbocycles. The molecule has 0 atom stereocenters. The molecule has 1 rings (SSSR count). The molecule has 0 saturated heterocycles. The molecule has 0 spiro atoms. The third-order valence-corrected chi connectivity index (χ3v) is 3.67. The Balaban J connectivity index is 2.87. The number of carbonyl (C=O) groups excluding carboxylic acids is 1. The third-order valence-electron chi connectivity index (χ3n) is 2.05. The molecule has 5 nitrogen and oxygen atoms in total. The summed E-state index contributed by atoms with van der Waals surface area (Å²) in [5.74, 6) is -1.10. The van der Waals surface area contributed by atoms with Crippen molar-refractivity contribution in [3.05, 3.63) is 24.3 Å². The maximum absolute atomic E-state index is 12.0. The van der Waals surface area contributed by atoms with Crippen molar-refractivity contribution in [1.82, 2.24) is 5.32 Å². The topological polar surface area (TPSA) is 89.3 Å². The lowest BCUT2D eigenvalue weighted by Crippen LogP contribution is -2.43. The van der Waals surface area contributed by atoms with Gasteiger partial charge in [0.25, 0.3) is 0 Å². The van der Waals surface area contributed by atoms with Gasteiger partial charge in [0.15, 0.2) is 9.84 Å². The van der Waals surface area contributed by atoms with Crippen molar-refractivity contribution >= 4 is 21.4 Å². The molecule has 0 radical (unpaired) electrons. The van der Waals surface area contributed by atoms with Gasteiger partial charge >= 0.3 is 0 Å². The average Bonchev–Trinajstić information content (AvgIpc) is 2.13. The summed E-state index contributed by atoms with van der Waals surface area (Å²) in [4.78, 5) is 11.7. The monoisotopic (exact) mass is 270 g/mol. The largest absolute Gasteiger partial charge is 0.399 e. The van der Waals surface area contributed by atoms with Gasteiger partial charge in [0.05, 0.1) is 4.90 Å². The summed E-state index contributed by atoms with van der Waals surface area (Å²) in [7, 11) is -3.65. The maximum Gasteiger partial charge on any atom is 0.235 e. The van der Waals surface area contributed by atoms with E-state index in [2.05, 4.69) is 5.32 Å². The molecule has 0 unspecified atom stereocenters. The molecule has 100 valence electrons. The maximum atomic E-state index is 12.0. The molecule has 0 aromatic heterocycles. The Morgan fingerprint density at radius 3 is 2.44 bits per heavy atom. The first-order chi connectivity index (χ1) is 8.10. The van der Waals surface area contributed by atoms with E-state index in [1.807, 2.05) is 0 Å². The van der Waals surface area contributed by atoms with Crippen LogP contribution in [-0.2, 0) is 14.6 Å². The van der Waals surface area contributed by atoms with E-state index >= 15 is 0 Å². The number of hydrogen-bond acceptors (Lipinski definition) is 4. The minimum atomic E-state index is -3.65. The molecule has 18 heavy (non-hydrogen) atoms. The molecule has 0 bridgehead atoms. The summed E-state index contributed by atoms with van der Waals surface area (Å²) in [6, 6.07) is 5.91. The Morgan fingerprint density at radius 2 is 1.94 bits per heavy atom. The van der Waals surface area contributed by atoms with Crippen LogP contribution in [0.3, 0.4) is 0 Å². The Kier molecular flexibility index (Phi) is 4.01. The second-order valence-corrected chi connectivity index (χ2v) is 7.12. The van der Waals surface area contributed by atoms with Gasteiger partial charge in [-0.3, -0.25) is 4.79 Å². The molecule has 0 heterocycles. The summed E-state index contributed by atoms with van der Waals surface area (Å²) >= 11 is 0. The second kappa shape index (κ2) is 4.97. The molecular formula is C12H18N2O3S. The lowest BCUT2D eigenvalue weighted by molar-refractivity contribution is -0.120. The number of benzene rings is 1. The molecule has 1 aromatic carbocycles. The molecule has 6 heteroatoms. The summed E-state index contributed by atoms with van der Waals surface area (Å²) in [5, 5.41) is 2.61. The van der Waals surface area contributed by atoms with E-state index in [9.17, 15) is 13.2 Å². The van der Waals surface area contributed by atoms with E-state index < -0.39 is 27.0 Å². The summed E-state index contributed by atoms with van der Waals surface area (Å²) in [6.07, 6.45) is 0. The zero-order chi connectivity index (χ0) is 14.0. The van der Waals surface area contributed by atoms with Gasteiger partial charge < -0.3 is 11.1 Å². The van der Waals surface area contributed by atoms with Gasteiger partial charge in [-0.1, -0.05) is 6.07 Å². The van der Waals surface area contributed by atoms with Crippen molar-refractivity contribution < 1.29 is 13.2 Å². The number of anilines is 1. The van der Waals surface area contributed by atoms with Crippen LogP contribution in [0.5, 0.6) is 0 Å². The third kappa shape index (κ3) is 4.37. The van der Waals surface area contributed by atoms with Crippen LogP contribution >= 0.6 is 0 Å². The zero-order valence-electron chi connectivity index (χ0n) is 10.7. The standard InChI is InChI=1S/C12H18N2O3S/c1-12(2,3)14-11(15)8-18(16,17)10-6-4-5-9(13)7-10/h4-7H,8,13H2,1-3H3,(H,14,15). The highest BCUT2D eigenvalue weighted by atomic mass is 32.2. The van der Waals surface area contributed by atoms with Crippen LogP contribution in [-0.4, -0.2) is 25.6 Å². The Bertz CT molecular complexity index is 545. The molecular weight excluding hydrogens is 252 g/mol. The van der Waals surface area contributed by atoms with E-state index in [4.69, 9.17) is 5.73 Å². The van der Waals surface area contributed by atoms with E-state index in [1.165, 1.54) is 12.1 Å². The van der Waals surface area contributed by atoms with Crippen LogP contribution in [0.4, 0.5) is 5.69 Å². The van der Waals surface area contributed by atoms with E-state index in [1.54, 1.807) is 32.9 Å². The van der Waals surface area contributed by atoms with Crippen LogP contribution < -0.4 is 11.1 Å². The molecule has 1 aromatic rings. The predicted molar refractivity (Wildman–Crippen MR) is 70.8 cm³/mol. The highest BCUT2D eigenvalue weighted by molar-refractivity contribution is 7.92. The highest BCUT2D eigenvalue weighted by Crippen LogP contribution is 2.14. The lowest BCUT2D eigenvalue weighted by atomic mass is 10.1.